The molecule has 3 nitrogen and oxygen atoms in total. The van der Waals surface area contributed by atoms with Crippen molar-refractivity contribution in [3.63, 3.8) is 0 Å². The number of rotatable bonds is 3. The van der Waals surface area contributed by atoms with E-state index in [0.717, 1.165) is 24.3 Å². The van der Waals surface area contributed by atoms with Gasteiger partial charge in [-0.25, -0.2) is 17.6 Å². The van der Waals surface area contributed by atoms with E-state index >= 15 is 0 Å². The van der Waals surface area contributed by atoms with Gasteiger partial charge in [0, 0.05) is 29.6 Å². The van der Waals surface area contributed by atoms with Crippen LogP contribution in [0.15, 0.2) is 65.7 Å². The normalized spacial score (nSPS) is 11.2. The molecular weight excluding hydrogens is 386 g/mol. The predicted molar refractivity (Wildman–Crippen MR) is 100 cm³/mol. The van der Waals surface area contributed by atoms with Crippen molar-refractivity contribution in [2.45, 2.75) is 6.61 Å². The number of benzene rings is 2. The summed E-state index contributed by atoms with van der Waals surface area (Å²) >= 11 is 0. The molecule has 4 rings (SSSR count). The summed E-state index contributed by atoms with van der Waals surface area (Å²) < 4.78 is 58.1. The SMILES string of the molecule is O=c1c(-c2ccc(F)cc2F)cn2cc(CO)ccc2c1-c1c(F)cccc1F. The molecule has 146 valence electrons. The fourth-order valence-corrected chi connectivity index (χ4v) is 3.30. The molecule has 29 heavy (non-hydrogen) atoms. The molecule has 2 aromatic heterocycles. The number of halogens is 4. The molecule has 0 saturated carbocycles. The molecule has 0 spiro atoms. The highest BCUT2D eigenvalue weighted by Crippen LogP contribution is 2.30. The summed E-state index contributed by atoms with van der Waals surface area (Å²) in [7, 11) is 0. The number of pyridine rings is 2. The first-order valence-corrected chi connectivity index (χ1v) is 8.59. The Morgan fingerprint density at radius 3 is 2.17 bits per heavy atom. The van der Waals surface area contributed by atoms with Crippen molar-refractivity contribution in [2.24, 2.45) is 0 Å². The maximum absolute atomic E-state index is 14.5. The van der Waals surface area contributed by atoms with Gasteiger partial charge in [0.1, 0.15) is 23.3 Å². The Kier molecular flexibility index (Phi) is 4.68. The van der Waals surface area contributed by atoms with Gasteiger partial charge in [0.25, 0.3) is 0 Å². The van der Waals surface area contributed by atoms with E-state index in [1.54, 1.807) is 0 Å². The summed E-state index contributed by atoms with van der Waals surface area (Å²) in [5.41, 5.74) is -1.43. The molecule has 0 aliphatic heterocycles. The Morgan fingerprint density at radius 2 is 1.52 bits per heavy atom. The number of aromatic nitrogens is 1. The summed E-state index contributed by atoms with van der Waals surface area (Å²) in [4.78, 5) is 13.2. The van der Waals surface area contributed by atoms with Gasteiger partial charge in [0.2, 0.25) is 0 Å². The minimum Gasteiger partial charge on any atom is -0.392 e. The molecule has 0 fully saturated rings. The van der Waals surface area contributed by atoms with Crippen LogP contribution in [0.25, 0.3) is 27.8 Å². The third-order valence-corrected chi connectivity index (χ3v) is 4.65. The molecule has 0 atom stereocenters. The van der Waals surface area contributed by atoms with Gasteiger partial charge in [-0.2, -0.15) is 0 Å². The van der Waals surface area contributed by atoms with Gasteiger partial charge in [-0.15, -0.1) is 0 Å². The Bertz CT molecular complexity index is 1290. The smallest absolute Gasteiger partial charge is 0.198 e. The molecule has 0 bridgehead atoms. The van der Waals surface area contributed by atoms with Crippen molar-refractivity contribution < 1.29 is 22.7 Å². The fourth-order valence-electron chi connectivity index (χ4n) is 3.30. The first kappa shape index (κ1) is 18.9. The largest absolute Gasteiger partial charge is 0.392 e. The molecule has 0 aliphatic rings. The molecular formula is C22H13F4NO2. The van der Waals surface area contributed by atoms with Crippen LogP contribution in [0.5, 0.6) is 0 Å². The highest BCUT2D eigenvalue weighted by atomic mass is 19.1. The van der Waals surface area contributed by atoms with Crippen LogP contribution in [0.1, 0.15) is 5.56 Å². The van der Waals surface area contributed by atoms with Crippen molar-refractivity contribution in [1.29, 1.82) is 0 Å². The zero-order chi connectivity index (χ0) is 20.7. The van der Waals surface area contributed by atoms with Crippen molar-refractivity contribution in [2.75, 3.05) is 0 Å². The molecule has 0 unspecified atom stereocenters. The van der Waals surface area contributed by atoms with Crippen LogP contribution in [-0.4, -0.2) is 9.51 Å². The standard InChI is InChI=1S/C22H13F4NO2/c23-13-5-6-14(18(26)8-13)15-10-27-9-12(11-28)4-7-19(27)21(22(15)29)20-16(24)2-1-3-17(20)25/h1-10,28H,11H2. The Hall–Kier alpha value is -3.45. The monoisotopic (exact) mass is 399 g/mol. The molecule has 0 aliphatic carbocycles. The second kappa shape index (κ2) is 7.18. The molecule has 2 heterocycles. The lowest BCUT2D eigenvalue weighted by atomic mass is 9.97. The van der Waals surface area contributed by atoms with Crippen LogP contribution < -0.4 is 5.43 Å². The molecule has 0 radical (unpaired) electrons. The minimum absolute atomic E-state index is 0.169. The lowest BCUT2D eigenvalue weighted by molar-refractivity contribution is 0.281. The van der Waals surface area contributed by atoms with Gasteiger partial charge in [0.15, 0.2) is 5.43 Å². The average molecular weight is 399 g/mol. The summed E-state index contributed by atoms with van der Waals surface area (Å²) in [6, 6.07) is 8.85. The molecule has 2 aromatic carbocycles. The second-order valence-corrected chi connectivity index (χ2v) is 6.46. The Balaban J connectivity index is 2.17. The number of hydrogen-bond donors (Lipinski definition) is 1. The third kappa shape index (κ3) is 3.19. The van der Waals surface area contributed by atoms with E-state index in [0.29, 0.717) is 11.6 Å². The van der Waals surface area contributed by atoms with Gasteiger partial charge >= 0.3 is 0 Å². The molecule has 4 aromatic rings. The van der Waals surface area contributed by atoms with Gasteiger partial charge < -0.3 is 9.51 Å². The van der Waals surface area contributed by atoms with E-state index in [2.05, 4.69) is 0 Å². The summed E-state index contributed by atoms with van der Waals surface area (Å²) in [6.07, 6.45) is 2.75. The van der Waals surface area contributed by atoms with Crippen molar-refractivity contribution in [3.8, 4) is 22.3 Å². The second-order valence-electron chi connectivity index (χ2n) is 6.46. The van der Waals surface area contributed by atoms with Crippen LogP contribution >= 0.6 is 0 Å². The highest BCUT2D eigenvalue weighted by Gasteiger charge is 2.22. The van der Waals surface area contributed by atoms with E-state index in [-0.39, 0.29) is 28.8 Å². The van der Waals surface area contributed by atoms with Crippen molar-refractivity contribution in [1.82, 2.24) is 4.40 Å². The van der Waals surface area contributed by atoms with Gasteiger partial charge in [-0.05, 0) is 35.9 Å². The maximum Gasteiger partial charge on any atom is 0.198 e. The van der Waals surface area contributed by atoms with Crippen LogP contribution in [0.4, 0.5) is 17.6 Å². The van der Waals surface area contributed by atoms with Gasteiger partial charge in [0.05, 0.1) is 23.3 Å². The lowest BCUT2D eigenvalue weighted by Crippen LogP contribution is -2.14. The molecule has 1 N–H and O–H groups in total. The number of aliphatic hydroxyl groups is 1. The zero-order valence-corrected chi connectivity index (χ0v) is 14.8. The van der Waals surface area contributed by atoms with Crippen LogP contribution in [-0.2, 0) is 6.61 Å². The highest BCUT2D eigenvalue weighted by molar-refractivity contribution is 5.85. The number of nitrogens with zero attached hydrogens (tertiary/aromatic N) is 1. The van der Waals surface area contributed by atoms with E-state index in [9.17, 15) is 27.5 Å². The maximum atomic E-state index is 14.5. The molecule has 7 heteroatoms. The van der Waals surface area contributed by atoms with Crippen molar-refractivity contribution in [3.05, 3.63) is 100.0 Å². The van der Waals surface area contributed by atoms with Gasteiger partial charge in [-0.3, -0.25) is 4.79 Å². The summed E-state index contributed by atoms with van der Waals surface area (Å²) in [5, 5.41) is 9.39. The topological polar surface area (TPSA) is 41.7 Å². The Morgan fingerprint density at radius 1 is 0.793 bits per heavy atom. The summed E-state index contributed by atoms with van der Waals surface area (Å²) in [6.45, 7) is -0.314. The molecule has 0 saturated heterocycles. The minimum atomic E-state index is -0.986. The number of fused-ring (bicyclic) bond motifs is 1. The first-order valence-electron chi connectivity index (χ1n) is 8.59. The number of hydrogen-bond acceptors (Lipinski definition) is 2. The third-order valence-electron chi connectivity index (χ3n) is 4.65. The van der Waals surface area contributed by atoms with E-state index < -0.39 is 34.3 Å². The van der Waals surface area contributed by atoms with Crippen LogP contribution in [0.3, 0.4) is 0 Å². The first-order chi connectivity index (χ1) is 13.9. The van der Waals surface area contributed by atoms with E-state index in [1.165, 1.54) is 35.0 Å². The zero-order valence-electron chi connectivity index (χ0n) is 14.8. The Labute approximate surface area is 162 Å². The summed E-state index contributed by atoms with van der Waals surface area (Å²) in [5.74, 6) is -3.71. The quantitative estimate of drug-likeness (QED) is 0.508. The predicted octanol–water partition coefficient (Wildman–Crippen LogP) is 4.68. The number of aliphatic hydroxyl groups excluding tert-OH is 1. The molecule has 0 amide bonds. The van der Waals surface area contributed by atoms with Crippen molar-refractivity contribution >= 4 is 5.52 Å². The van der Waals surface area contributed by atoms with E-state index in [4.69, 9.17) is 0 Å². The fraction of sp³-hybridized carbons (Fsp3) is 0.0455. The van der Waals surface area contributed by atoms with E-state index in [1.807, 2.05) is 0 Å². The van der Waals surface area contributed by atoms with Crippen LogP contribution in [0, 0.1) is 23.3 Å². The average Bonchev–Trinajstić information content (AvgIpc) is 2.69. The van der Waals surface area contributed by atoms with Crippen LogP contribution in [0.2, 0.25) is 0 Å². The van der Waals surface area contributed by atoms with Gasteiger partial charge in [-0.1, -0.05) is 12.1 Å². The lowest BCUT2D eigenvalue weighted by Gasteiger charge is -2.14.